The molecule has 20 heavy (non-hydrogen) atoms. The lowest BCUT2D eigenvalue weighted by atomic mass is 10.00. The second-order valence-electron chi connectivity index (χ2n) is 5.39. The standard InChI is InChI=1S/C15H17N3O2/c1-11-5-4-7-17(9-11)14-12(10-19)15(20)18-8-3-2-6-13(18)16-14/h2-3,6,8,10-11H,4-5,7,9H2,1H3/t11-/m1/s1. The van der Waals surface area contributed by atoms with E-state index in [2.05, 4.69) is 16.8 Å². The van der Waals surface area contributed by atoms with Crippen molar-refractivity contribution in [2.45, 2.75) is 19.8 Å². The van der Waals surface area contributed by atoms with Crippen LogP contribution >= 0.6 is 0 Å². The maximum absolute atomic E-state index is 12.4. The van der Waals surface area contributed by atoms with Crippen LogP contribution in [0.25, 0.3) is 5.65 Å². The highest BCUT2D eigenvalue weighted by molar-refractivity contribution is 5.83. The van der Waals surface area contributed by atoms with E-state index in [1.165, 1.54) is 10.8 Å². The van der Waals surface area contributed by atoms with E-state index in [1.807, 2.05) is 6.07 Å². The third-order valence-corrected chi connectivity index (χ3v) is 3.82. The molecule has 1 fully saturated rings. The van der Waals surface area contributed by atoms with Crippen molar-refractivity contribution in [1.82, 2.24) is 9.38 Å². The van der Waals surface area contributed by atoms with E-state index in [0.29, 0.717) is 23.7 Å². The maximum atomic E-state index is 12.4. The Kier molecular flexibility index (Phi) is 3.26. The monoisotopic (exact) mass is 271 g/mol. The van der Waals surface area contributed by atoms with Gasteiger partial charge in [-0.3, -0.25) is 14.0 Å². The summed E-state index contributed by atoms with van der Waals surface area (Å²) in [4.78, 5) is 30.3. The van der Waals surface area contributed by atoms with Crippen molar-refractivity contribution in [3.8, 4) is 0 Å². The molecular formula is C15H17N3O2. The Morgan fingerprint density at radius 2 is 2.25 bits per heavy atom. The van der Waals surface area contributed by atoms with E-state index >= 15 is 0 Å². The van der Waals surface area contributed by atoms with Crippen molar-refractivity contribution in [3.63, 3.8) is 0 Å². The summed E-state index contributed by atoms with van der Waals surface area (Å²) >= 11 is 0. The zero-order valence-electron chi connectivity index (χ0n) is 11.5. The Morgan fingerprint density at radius 1 is 1.40 bits per heavy atom. The van der Waals surface area contributed by atoms with Gasteiger partial charge in [0.15, 0.2) is 6.29 Å². The molecule has 1 saturated heterocycles. The number of hydrogen-bond acceptors (Lipinski definition) is 4. The third kappa shape index (κ3) is 2.09. The summed E-state index contributed by atoms with van der Waals surface area (Å²) in [5.41, 5.74) is 0.443. The van der Waals surface area contributed by atoms with Crippen LogP contribution in [0.1, 0.15) is 30.1 Å². The summed E-state index contributed by atoms with van der Waals surface area (Å²) in [5, 5.41) is 0. The average molecular weight is 271 g/mol. The molecule has 1 aliphatic rings. The lowest BCUT2D eigenvalue weighted by Gasteiger charge is -2.32. The topological polar surface area (TPSA) is 54.7 Å². The molecule has 0 aromatic carbocycles. The lowest BCUT2D eigenvalue weighted by molar-refractivity contribution is 0.112. The second-order valence-corrected chi connectivity index (χ2v) is 5.39. The summed E-state index contributed by atoms with van der Waals surface area (Å²) in [6.45, 7) is 3.87. The Bertz CT molecular complexity index is 708. The maximum Gasteiger partial charge on any atom is 0.270 e. The van der Waals surface area contributed by atoms with Gasteiger partial charge in [0.05, 0.1) is 0 Å². The molecule has 104 valence electrons. The normalized spacial score (nSPS) is 19.2. The molecule has 0 aliphatic carbocycles. The predicted octanol–water partition coefficient (Wildman–Crippen LogP) is 1.74. The number of carbonyl (C=O) groups excluding carboxylic acids is 1. The van der Waals surface area contributed by atoms with Crippen LogP contribution in [0.5, 0.6) is 0 Å². The summed E-state index contributed by atoms with van der Waals surface area (Å²) in [5.74, 6) is 1.09. The van der Waals surface area contributed by atoms with Gasteiger partial charge in [-0.2, -0.15) is 0 Å². The summed E-state index contributed by atoms with van der Waals surface area (Å²) in [7, 11) is 0. The van der Waals surface area contributed by atoms with Crippen LogP contribution in [-0.4, -0.2) is 28.8 Å². The van der Waals surface area contributed by atoms with Crippen molar-refractivity contribution in [1.29, 1.82) is 0 Å². The average Bonchev–Trinajstić information content (AvgIpc) is 2.47. The van der Waals surface area contributed by atoms with E-state index in [9.17, 15) is 9.59 Å². The number of nitrogens with zero attached hydrogens (tertiary/aromatic N) is 3. The molecule has 0 saturated carbocycles. The Labute approximate surface area is 116 Å². The minimum Gasteiger partial charge on any atom is -0.356 e. The minimum absolute atomic E-state index is 0.155. The van der Waals surface area contributed by atoms with E-state index in [-0.39, 0.29) is 11.1 Å². The van der Waals surface area contributed by atoms with Crippen molar-refractivity contribution in [3.05, 3.63) is 40.3 Å². The van der Waals surface area contributed by atoms with Crippen molar-refractivity contribution in [2.24, 2.45) is 5.92 Å². The SMILES string of the molecule is C[C@@H]1CCCN(c2nc3ccccn3c(=O)c2C=O)C1. The molecule has 0 amide bonds. The quantitative estimate of drug-likeness (QED) is 0.781. The summed E-state index contributed by atoms with van der Waals surface area (Å²) in [6, 6.07) is 5.38. The number of pyridine rings is 1. The van der Waals surface area contributed by atoms with Gasteiger partial charge in [-0.15, -0.1) is 0 Å². The number of aldehydes is 1. The van der Waals surface area contributed by atoms with E-state index in [0.717, 1.165) is 19.5 Å². The zero-order valence-corrected chi connectivity index (χ0v) is 11.5. The van der Waals surface area contributed by atoms with Gasteiger partial charge in [0.2, 0.25) is 0 Å². The van der Waals surface area contributed by atoms with E-state index < -0.39 is 0 Å². The number of aromatic nitrogens is 2. The van der Waals surface area contributed by atoms with Gasteiger partial charge in [-0.05, 0) is 30.9 Å². The fourth-order valence-electron chi connectivity index (χ4n) is 2.82. The molecule has 0 unspecified atom stereocenters. The molecule has 2 aromatic rings. The third-order valence-electron chi connectivity index (χ3n) is 3.82. The van der Waals surface area contributed by atoms with Gasteiger partial charge in [0, 0.05) is 19.3 Å². The highest BCUT2D eigenvalue weighted by Crippen LogP contribution is 2.22. The summed E-state index contributed by atoms with van der Waals surface area (Å²) < 4.78 is 1.42. The Hall–Kier alpha value is -2.17. The number of fused-ring (bicyclic) bond motifs is 1. The molecule has 0 N–H and O–H groups in total. The predicted molar refractivity (Wildman–Crippen MR) is 77.5 cm³/mol. The number of hydrogen-bond donors (Lipinski definition) is 0. The minimum atomic E-state index is -0.293. The van der Waals surface area contributed by atoms with Crippen LogP contribution in [0.3, 0.4) is 0 Å². The second kappa shape index (κ2) is 5.07. The Balaban J connectivity index is 2.19. The molecular weight excluding hydrogens is 254 g/mol. The molecule has 5 heteroatoms. The Morgan fingerprint density at radius 3 is 3.00 bits per heavy atom. The largest absolute Gasteiger partial charge is 0.356 e. The van der Waals surface area contributed by atoms with Crippen molar-refractivity contribution >= 4 is 17.8 Å². The number of carbonyl (C=O) groups is 1. The molecule has 3 heterocycles. The van der Waals surface area contributed by atoms with E-state index in [1.54, 1.807) is 18.3 Å². The highest BCUT2D eigenvalue weighted by atomic mass is 16.1. The molecule has 1 aliphatic heterocycles. The lowest BCUT2D eigenvalue weighted by Crippen LogP contribution is -2.37. The first-order valence-corrected chi connectivity index (χ1v) is 6.92. The van der Waals surface area contributed by atoms with Gasteiger partial charge in [0.1, 0.15) is 17.0 Å². The first-order chi connectivity index (χ1) is 9.70. The van der Waals surface area contributed by atoms with Gasteiger partial charge < -0.3 is 4.90 Å². The van der Waals surface area contributed by atoms with Gasteiger partial charge in [-0.1, -0.05) is 13.0 Å². The fourth-order valence-corrected chi connectivity index (χ4v) is 2.82. The zero-order chi connectivity index (χ0) is 14.1. The molecule has 0 radical (unpaired) electrons. The molecule has 3 rings (SSSR count). The molecule has 2 aromatic heterocycles. The van der Waals surface area contributed by atoms with Crippen LogP contribution in [0, 0.1) is 5.92 Å². The fraction of sp³-hybridized carbons (Fsp3) is 0.400. The smallest absolute Gasteiger partial charge is 0.270 e. The van der Waals surface area contributed by atoms with Crippen LogP contribution in [0.4, 0.5) is 5.82 Å². The van der Waals surface area contributed by atoms with Crippen LogP contribution in [0.15, 0.2) is 29.2 Å². The van der Waals surface area contributed by atoms with Gasteiger partial charge >= 0.3 is 0 Å². The molecule has 5 nitrogen and oxygen atoms in total. The highest BCUT2D eigenvalue weighted by Gasteiger charge is 2.22. The summed E-state index contributed by atoms with van der Waals surface area (Å²) in [6.07, 6.45) is 4.51. The van der Waals surface area contributed by atoms with Crippen LogP contribution < -0.4 is 10.5 Å². The number of piperidine rings is 1. The van der Waals surface area contributed by atoms with Crippen LogP contribution in [-0.2, 0) is 0 Å². The van der Waals surface area contributed by atoms with Crippen LogP contribution in [0.2, 0.25) is 0 Å². The molecule has 0 spiro atoms. The molecule has 0 bridgehead atoms. The molecule has 1 atom stereocenters. The first kappa shape index (κ1) is 12.8. The van der Waals surface area contributed by atoms with Gasteiger partial charge in [-0.25, -0.2) is 4.98 Å². The van der Waals surface area contributed by atoms with Crippen molar-refractivity contribution in [2.75, 3.05) is 18.0 Å². The van der Waals surface area contributed by atoms with Gasteiger partial charge in [0.25, 0.3) is 5.56 Å². The number of anilines is 1. The van der Waals surface area contributed by atoms with Crippen molar-refractivity contribution < 1.29 is 4.79 Å². The number of rotatable bonds is 2. The van der Waals surface area contributed by atoms with E-state index in [4.69, 9.17) is 0 Å². The first-order valence-electron chi connectivity index (χ1n) is 6.92.